The van der Waals surface area contributed by atoms with E-state index in [1.807, 2.05) is 32.7 Å². The molecule has 0 spiro atoms. The Balaban J connectivity index is 2.54. The summed E-state index contributed by atoms with van der Waals surface area (Å²) >= 11 is 0. The lowest BCUT2D eigenvalue weighted by Crippen LogP contribution is -2.47. The van der Waals surface area contributed by atoms with Gasteiger partial charge >= 0.3 is 6.09 Å². The Hall–Kier alpha value is -1.30. The van der Waals surface area contributed by atoms with E-state index in [4.69, 9.17) is 10.5 Å². The first-order valence-corrected chi connectivity index (χ1v) is 6.61. The van der Waals surface area contributed by atoms with Crippen molar-refractivity contribution in [1.82, 2.24) is 9.80 Å². The zero-order chi connectivity index (χ0) is 14.8. The predicted molar refractivity (Wildman–Crippen MR) is 72.6 cm³/mol. The van der Waals surface area contributed by atoms with Crippen LogP contribution in [0.25, 0.3) is 0 Å². The number of likely N-dealkylation sites (N-methyl/N-ethyl adjacent to an activating group) is 1. The molecule has 1 aliphatic heterocycles. The molecule has 1 heterocycles. The van der Waals surface area contributed by atoms with Crippen molar-refractivity contribution in [1.29, 1.82) is 0 Å². The first-order chi connectivity index (χ1) is 8.61. The van der Waals surface area contributed by atoms with Crippen LogP contribution in [-0.2, 0) is 9.53 Å². The fraction of sp³-hybridized carbons (Fsp3) is 0.846. The first-order valence-electron chi connectivity index (χ1n) is 6.61. The van der Waals surface area contributed by atoms with Crippen molar-refractivity contribution in [3.63, 3.8) is 0 Å². The molecule has 0 aromatic carbocycles. The molecule has 6 nitrogen and oxygen atoms in total. The van der Waals surface area contributed by atoms with Crippen LogP contribution in [0.3, 0.4) is 0 Å². The van der Waals surface area contributed by atoms with Crippen molar-refractivity contribution in [2.75, 3.05) is 20.1 Å². The van der Waals surface area contributed by atoms with Gasteiger partial charge in [0.2, 0.25) is 5.91 Å². The molecule has 0 aromatic rings. The summed E-state index contributed by atoms with van der Waals surface area (Å²) in [5.74, 6) is -0.349. The van der Waals surface area contributed by atoms with Gasteiger partial charge in [-0.3, -0.25) is 9.69 Å². The van der Waals surface area contributed by atoms with E-state index >= 15 is 0 Å². The lowest BCUT2D eigenvalue weighted by atomic mass is 10.2. The fourth-order valence-corrected chi connectivity index (χ4v) is 2.08. The molecule has 2 amide bonds. The Morgan fingerprint density at radius 2 is 2.00 bits per heavy atom. The van der Waals surface area contributed by atoms with Crippen molar-refractivity contribution in [2.24, 2.45) is 5.73 Å². The average Bonchev–Trinajstić information content (AvgIpc) is 2.73. The lowest BCUT2D eigenvalue weighted by molar-refractivity contribution is -0.122. The molecule has 0 saturated carbocycles. The Labute approximate surface area is 114 Å². The standard InChI is InChI=1S/C13H25N3O3/c1-9(11(14)17)15(5)10-6-7-16(8-10)12(18)19-13(2,3)4/h9-10H,6-8H2,1-5H3,(H2,14,17)/t9?,10-/m0/s1. The second kappa shape index (κ2) is 5.77. The van der Waals surface area contributed by atoms with E-state index in [2.05, 4.69) is 0 Å². The molecule has 110 valence electrons. The predicted octanol–water partition coefficient (Wildman–Crippen LogP) is 0.801. The molecule has 1 unspecified atom stereocenters. The highest BCUT2D eigenvalue weighted by Crippen LogP contribution is 2.19. The van der Waals surface area contributed by atoms with E-state index in [-0.39, 0.29) is 24.1 Å². The van der Waals surface area contributed by atoms with Gasteiger partial charge in [0.05, 0.1) is 6.04 Å². The van der Waals surface area contributed by atoms with Gasteiger partial charge in [-0.05, 0) is 41.2 Å². The van der Waals surface area contributed by atoms with Gasteiger partial charge in [-0.1, -0.05) is 0 Å². The number of carbonyl (C=O) groups is 2. The summed E-state index contributed by atoms with van der Waals surface area (Å²) in [6.07, 6.45) is 0.531. The molecular formula is C13H25N3O3. The SMILES string of the molecule is CC(C(N)=O)N(C)[C@H]1CCN(C(=O)OC(C)(C)C)C1. The molecule has 1 aliphatic rings. The molecule has 1 saturated heterocycles. The third-order valence-corrected chi connectivity index (χ3v) is 3.41. The number of likely N-dealkylation sites (tertiary alicyclic amines) is 1. The zero-order valence-electron chi connectivity index (χ0n) is 12.5. The number of nitrogens with two attached hydrogens (primary N) is 1. The molecule has 19 heavy (non-hydrogen) atoms. The second-order valence-corrected chi connectivity index (χ2v) is 6.11. The molecule has 1 rings (SSSR count). The monoisotopic (exact) mass is 271 g/mol. The zero-order valence-corrected chi connectivity index (χ0v) is 12.5. The molecule has 6 heteroatoms. The molecule has 0 bridgehead atoms. The molecule has 0 aliphatic carbocycles. The van der Waals surface area contributed by atoms with Crippen molar-refractivity contribution in [3.8, 4) is 0 Å². The summed E-state index contributed by atoms with van der Waals surface area (Å²) in [7, 11) is 1.86. The quantitative estimate of drug-likeness (QED) is 0.824. The van der Waals surface area contributed by atoms with Crippen molar-refractivity contribution < 1.29 is 14.3 Å². The van der Waals surface area contributed by atoms with Crippen LogP contribution in [0, 0.1) is 0 Å². The van der Waals surface area contributed by atoms with E-state index < -0.39 is 5.60 Å². The molecule has 1 fully saturated rings. The minimum atomic E-state index is -0.485. The second-order valence-electron chi connectivity index (χ2n) is 6.11. The fourth-order valence-electron chi connectivity index (χ4n) is 2.08. The summed E-state index contributed by atoms with van der Waals surface area (Å²) in [6.45, 7) is 8.54. The highest BCUT2D eigenvalue weighted by atomic mass is 16.6. The maximum absolute atomic E-state index is 11.9. The van der Waals surface area contributed by atoms with E-state index in [1.165, 1.54) is 0 Å². The topological polar surface area (TPSA) is 75.9 Å². The molecule has 2 N–H and O–H groups in total. The smallest absolute Gasteiger partial charge is 0.410 e. The van der Waals surface area contributed by atoms with Crippen LogP contribution >= 0.6 is 0 Å². The normalized spacial score (nSPS) is 21.6. The number of nitrogens with zero attached hydrogens (tertiary/aromatic N) is 2. The maximum atomic E-state index is 11.9. The van der Waals surface area contributed by atoms with Crippen molar-refractivity contribution >= 4 is 12.0 Å². The van der Waals surface area contributed by atoms with Gasteiger partial charge in [-0.25, -0.2) is 4.79 Å². The molecule has 0 aromatic heterocycles. The highest BCUT2D eigenvalue weighted by molar-refractivity contribution is 5.79. The Morgan fingerprint density at radius 1 is 1.42 bits per heavy atom. The summed E-state index contributed by atoms with van der Waals surface area (Å²) in [5, 5.41) is 0. The summed E-state index contributed by atoms with van der Waals surface area (Å²) in [6, 6.07) is -0.182. The van der Waals surface area contributed by atoms with Crippen molar-refractivity contribution in [3.05, 3.63) is 0 Å². The van der Waals surface area contributed by atoms with Crippen molar-refractivity contribution in [2.45, 2.75) is 51.8 Å². The average molecular weight is 271 g/mol. The van der Waals surface area contributed by atoms with E-state index in [0.29, 0.717) is 13.1 Å². The van der Waals surface area contributed by atoms with Crippen LogP contribution in [0.1, 0.15) is 34.1 Å². The third kappa shape index (κ3) is 4.38. The minimum absolute atomic E-state index is 0.148. The Kier molecular flexibility index (Phi) is 4.79. The molecular weight excluding hydrogens is 246 g/mol. The molecule has 2 atom stereocenters. The van der Waals surface area contributed by atoms with Crippen LogP contribution in [0.4, 0.5) is 4.79 Å². The van der Waals surface area contributed by atoms with E-state index in [0.717, 1.165) is 6.42 Å². The van der Waals surface area contributed by atoms with Gasteiger partial charge in [0, 0.05) is 19.1 Å². The number of hydrogen-bond donors (Lipinski definition) is 1. The Morgan fingerprint density at radius 3 is 2.47 bits per heavy atom. The van der Waals surface area contributed by atoms with E-state index in [9.17, 15) is 9.59 Å². The third-order valence-electron chi connectivity index (χ3n) is 3.41. The van der Waals surface area contributed by atoms with Crippen LogP contribution in [0.5, 0.6) is 0 Å². The van der Waals surface area contributed by atoms with E-state index in [1.54, 1.807) is 11.8 Å². The first kappa shape index (κ1) is 15.8. The summed E-state index contributed by atoms with van der Waals surface area (Å²) < 4.78 is 5.33. The molecule has 0 radical (unpaired) electrons. The van der Waals surface area contributed by atoms with Gasteiger partial charge in [-0.15, -0.1) is 0 Å². The largest absolute Gasteiger partial charge is 0.444 e. The van der Waals surface area contributed by atoms with Crippen LogP contribution < -0.4 is 5.73 Å². The van der Waals surface area contributed by atoms with Gasteiger partial charge in [0.1, 0.15) is 5.60 Å². The highest BCUT2D eigenvalue weighted by Gasteiger charge is 2.33. The summed E-state index contributed by atoms with van der Waals surface area (Å²) in [4.78, 5) is 26.7. The minimum Gasteiger partial charge on any atom is -0.444 e. The number of primary amides is 1. The number of ether oxygens (including phenoxy) is 1. The maximum Gasteiger partial charge on any atom is 0.410 e. The number of hydrogen-bond acceptors (Lipinski definition) is 4. The number of carbonyl (C=O) groups excluding carboxylic acids is 2. The Bertz CT molecular complexity index is 352. The number of rotatable bonds is 3. The van der Waals surface area contributed by atoms with Gasteiger partial charge < -0.3 is 15.4 Å². The summed E-state index contributed by atoms with van der Waals surface area (Å²) in [5.41, 5.74) is 4.81. The van der Waals surface area contributed by atoms with Crippen LogP contribution in [0.2, 0.25) is 0 Å². The van der Waals surface area contributed by atoms with Crippen LogP contribution in [-0.4, -0.2) is 59.6 Å². The lowest BCUT2D eigenvalue weighted by Gasteiger charge is -2.29. The van der Waals surface area contributed by atoms with Gasteiger partial charge in [0.15, 0.2) is 0 Å². The van der Waals surface area contributed by atoms with Gasteiger partial charge in [0.25, 0.3) is 0 Å². The van der Waals surface area contributed by atoms with Crippen LogP contribution in [0.15, 0.2) is 0 Å². The van der Waals surface area contributed by atoms with Gasteiger partial charge in [-0.2, -0.15) is 0 Å². The number of amides is 2.